The molecule has 0 bridgehead atoms. The largest absolute Gasteiger partial charge is 0.453 e. The highest BCUT2D eigenvalue weighted by atomic mass is 32.1. The number of halogens is 1. The zero-order valence-corrected chi connectivity index (χ0v) is 14.2. The number of benzene rings is 1. The van der Waals surface area contributed by atoms with E-state index in [1.807, 2.05) is 0 Å². The van der Waals surface area contributed by atoms with Gasteiger partial charge in [0.1, 0.15) is 16.9 Å². The quantitative estimate of drug-likeness (QED) is 0.893. The van der Waals surface area contributed by atoms with Crippen molar-refractivity contribution in [1.29, 1.82) is 5.26 Å². The second-order valence-electron chi connectivity index (χ2n) is 5.43. The first kappa shape index (κ1) is 16.9. The molecule has 8 heteroatoms. The molecule has 0 fully saturated rings. The van der Waals surface area contributed by atoms with Crippen LogP contribution in [0.2, 0.25) is 0 Å². The van der Waals surface area contributed by atoms with Crippen LogP contribution in [-0.4, -0.2) is 30.6 Å². The van der Waals surface area contributed by atoms with Gasteiger partial charge < -0.3 is 15.0 Å². The maximum Gasteiger partial charge on any atom is 0.409 e. The number of fused-ring (bicyclic) bond motifs is 1. The zero-order valence-electron chi connectivity index (χ0n) is 13.3. The summed E-state index contributed by atoms with van der Waals surface area (Å²) in [7, 11) is 1.32. The van der Waals surface area contributed by atoms with E-state index in [0.717, 1.165) is 16.5 Å². The summed E-state index contributed by atoms with van der Waals surface area (Å²) in [6.07, 6.45) is 0.0857. The van der Waals surface area contributed by atoms with Crippen molar-refractivity contribution in [2.45, 2.75) is 13.0 Å². The Balaban J connectivity index is 1.86. The lowest BCUT2D eigenvalue weighted by atomic mass is 10.0. The van der Waals surface area contributed by atoms with Crippen molar-refractivity contribution in [3.8, 4) is 6.07 Å². The molecule has 128 valence electrons. The van der Waals surface area contributed by atoms with E-state index in [1.165, 1.54) is 41.5 Å². The third-order valence-electron chi connectivity index (χ3n) is 3.92. The van der Waals surface area contributed by atoms with E-state index in [2.05, 4.69) is 11.4 Å². The van der Waals surface area contributed by atoms with Gasteiger partial charge in [0.15, 0.2) is 0 Å². The summed E-state index contributed by atoms with van der Waals surface area (Å²) < 4.78 is 18.0. The van der Waals surface area contributed by atoms with Gasteiger partial charge in [0.05, 0.1) is 19.2 Å². The second-order valence-corrected chi connectivity index (χ2v) is 6.53. The van der Waals surface area contributed by atoms with Crippen LogP contribution in [0.25, 0.3) is 0 Å². The first-order chi connectivity index (χ1) is 12.0. The van der Waals surface area contributed by atoms with Crippen LogP contribution < -0.4 is 5.32 Å². The van der Waals surface area contributed by atoms with E-state index in [1.54, 1.807) is 0 Å². The molecule has 0 spiro atoms. The lowest BCUT2D eigenvalue weighted by molar-refractivity contribution is 0.102. The number of carbonyl (C=O) groups excluding carboxylic acids is 2. The number of nitrogens with one attached hydrogen (secondary N) is 1. The summed E-state index contributed by atoms with van der Waals surface area (Å²) in [5.41, 5.74) is 1.41. The van der Waals surface area contributed by atoms with Gasteiger partial charge in [-0.1, -0.05) is 6.07 Å². The third-order valence-corrected chi connectivity index (χ3v) is 5.05. The molecule has 0 saturated carbocycles. The molecule has 2 amide bonds. The smallest absolute Gasteiger partial charge is 0.409 e. The fraction of sp³-hybridized carbons (Fsp3) is 0.235. The minimum Gasteiger partial charge on any atom is -0.453 e. The number of hydrogen-bond donors (Lipinski definition) is 1. The number of anilines is 1. The number of hydrogen-bond acceptors (Lipinski definition) is 5. The second kappa shape index (κ2) is 6.91. The Morgan fingerprint density at radius 1 is 1.44 bits per heavy atom. The molecule has 2 aromatic rings. The summed E-state index contributed by atoms with van der Waals surface area (Å²) >= 11 is 1.25. The van der Waals surface area contributed by atoms with Gasteiger partial charge >= 0.3 is 6.09 Å². The maximum atomic E-state index is 13.3. The highest BCUT2D eigenvalue weighted by Crippen LogP contribution is 2.37. The minimum absolute atomic E-state index is 0.173. The SMILES string of the molecule is COC(=O)N1CCc2c(sc(NC(=O)c3cccc(F)c3)c2C#N)C1. The summed E-state index contributed by atoms with van der Waals surface area (Å²) in [6.45, 7) is 0.777. The van der Waals surface area contributed by atoms with Gasteiger partial charge in [-0.2, -0.15) is 5.26 Å². The monoisotopic (exact) mass is 359 g/mol. The third kappa shape index (κ3) is 3.32. The molecule has 0 unspecified atom stereocenters. The van der Waals surface area contributed by atoms with Crippen molar-refractivity contribution in [2.75, 3.05) is 19.0 Å². The average Bonchev–Trinajstić information content (AvgIpc) is 2.96. The molecule has 1 aromatic carbocycles. The molecule has 0 aliphatic carbocycles. The topological polar surface area (TPSA) is 82.4 Å². The Morgan fingerprint density at radius 2 is 2.24 bits per heavy atom. The average molecular weight is 359 g/mol. The lowest BCUT2D eigenvalue weighted by Crippen LogP contribution is -2.35. The number of amides is 2. The fourth-order valence-electron chi connectivity index (χ4n) is 2.70. The van der Waals surface area contributed by atoms with Crippen LogP contribution in [0.5, 0.6) is 0 Å². The van der Waals surface area contributed by atoms with Gasteiger partial charge in [-0.3, -0.25) is 4.79 Å². The van der Waals surface area contributed by atoms with Gasteiger partial charge in [-0.15, -0.1) is 11.3 Å². The molecule has 1 aromatic heterocycles. The predicted octanol–water partition coefficient (Wildman–Crippen LogP) is 3.14. The molecule has 1 aliphatic heterocycles. The molecule has 1 N–H and O–H groups in total. The number of carbonyl (C=O) groups is 2. The van der Waals surface area contributed by atoms with E-state index >= 15 is 0 Å². The highest BCUT2D eigenvalue weighted by molar-refractivity contribution is 7.16. The molecule has 6 nitrogen and oxygen atoms in total. The van der Waals surface area contributed by atoms with E-state index in [4.69, 9.17) is 4.74 Å². The molecule has 0 atom stereocenters. The number of rotatable bonds is 2. The Labute approximate surface area is 147 Å². The van der Waals surface area contributed by atoms with Gasteiger partial charge in [-0.25, -0.2) is 9.18 Å². The van der Waals surface area contributed by atoms with E-state index in [-0.39, 0.29) is 5.56 Å². The predicted molar refractivity (Wildman–Crippen MR) is 89.9 cm³/mol. The molecular weight excluding hydrogens is 345 g/mol. The van der Waals surface area contributed by atoms with E-state index in [9.17, 15) is 19.2 Å². The number of ether oxygens (including phenoxy) is 1. The van der Waals surface area contributed by atoms with Gasteiger partial charge in [0, 0.05) is 17.0 Å². The molecule has 1 aliphatic rings. The molecule has 25 heavy (non-hydrogen) atoms. The Kier molecular flexibility index (Phi) is 4.67. The van der Waals surface area contributed by atoms with Gasteiger partial charge in [0.2, 0.25) is 0 Å². The molecule has 2 heterocycles. The Hall–Kier alpha value is -2.92. The number of nitrogens with zero attached hydrogens (tertiary/aromatic N) is 2. The van der Waals surface area contributed by atoms with Crippen molar-refractivity contribution in [2.24, 2.45) is 0 Å². The number of thiophene rings is 1. The highest BCUT2D eigenvalue weighted by Gasteiger charge is 2.28. The van der Waals surface area contributed by atoms with Crippen LogP contribution in [0.1, 0.15) is 26.4 Å². The lowest BCUT2D eigenvalue weighted by Gasteiger charge is -2.25. The zero-order chi connectivity index (χ0) is 18.0. The molecular formula is C17H14FN3O3S. The molecule has 0 radical (unpaired) electrons. The minimum atomic E-state index is -0.507. The summed E-state index contributed by atoms with van der Waals surface area (Å²) in [4.78, 5) is 26.3. The van der Waals surface area contributed by atoms with E-state index in [0.29, 0.717) is 30.1 Å². The van der Waals surface area contributed by atoms with Crippen molar-refractivity contribution in [3.05, 3.63) is 51.7 Å². The normalized spacial score (nSPS) is 12.9. The maximum absolute atomic E-state index is 13.3. The molecule has 0 saturated heterocycles. The van der Waals surface area contributed by atoms with Crippen molar-refractivity contribution in [3.63, 3.8) is 0 Å². The Bertz CT molecular complexity index is 888. The number of methoxy groups -OCH3 is 1. The van der Waals surface area contributed by atoms with E-state index < -0.39 is 17.8 Å². The van der Waals surface area contributed by atoms with Crippen LogP contribution in [0.3, 0.4) is 0 Å². The van der Waals surface area contributed by atoms with Crippen LogP contribution in [-0.2, 0) is 17.7 Å². The van der Waals surface area contributed by atoms with Crippen LogP contribution >= 0.6 is 11.3 Å². The van der Waals surface area contributed by atoms with Crippen molar-refractivity contribution in [1.82, 2.24) is 4.90 Å². The fourth-order valence-corrected chi connectivity index (χ4v) is 3.91. The Morgan fingerprint density at radius 3 is 2.92 bits per heavy atom. The van der Waals surface area contributed by atoms with Crippen LogP contribution in [0, 0.1) is 17.1 Å². The van der Waals surface area contributed by atoms with Crippen molar-refractivity contribution >= 4 is 28.3 Å². The first-order valence-corrected chi connectivity index (χ1v) is 8.29. The van der Waals surface area contributed by atoms with Gasteiger partial charge in [0.25, 0.3) is 5.91 Å². The first-order valence-electron chi connectivity index (χ1n) is 7.48. The molecule has 3 rings (SSSR count). The summed E-state index contributed by atoms with van der Waals surface area (Å²) in [6, 6.07) is 7.45. The van der Waals surface area contributed by atoms with Crippen molar-refractivity contribution < 1.29 is 18.7 Å². The summed E-state index contributed by atoms with van der Waals surface area (Å²) in [5, 5.41) is 12.5. The van der Waals surface area contributed by atoms with Crippen LogP contribution in [0.4, 0.5) is 14.2 Å². The van der Waals surface area contributed by atoms with Crippen LogP contribution in [0.15, 0.2) is 24.3 Å². The van der Waals surface area contributed by atoms with Gasteiger partial charge in [-0.05, 0) is 30.2 Å². The summed E-state index contributed by atoms with van der Waals surface area (Å²) in [5.74, 6) is -0.994. The number of nitriles is 1. The standard InChI is InChI=1S/C17H14FN3O3S/c1-24-17(23)21-6-5-12-13(8-19)16(25-14(12)9-21)20-15(22)10-3-2-4-11(18)7-10/h2-4,7H,5-6,9H2,1H3,(H,20,22).